The van der Waals surface area contributed by atoms with Crippen LogP contribution in [-0.4, -0.2) is 31.8 Å². The van der Waals surface area contributed by atoms with Crippen LogP contribution in [0.2, 0.25) is 0 Å². The lowest BCUT2D eigenvalue weighted by atomic mass is 10.2. The van der Waals surface area contributed by atoms with Crippen LogP contribution in [0.5, 0.6) is 5.75 Å². The lowest BCUT2D eigenvalue weighted by Crippen LogP contribution is -2.34. The van der Waals surface area contributed by atoms with Crippen molar-refractivity contribution in [1.82, 2.24) is 10.3 Å². The molecule has 0 spiro atoms. The quantitative estimate of drug-likeness (QED) is 0.321. The maximum atomic E-state index is 13.5. The summed E-state index contributed by atoms with van der Waals surface area (Å²) in [6, 6.07) is 22.3. The molecule has 0 aliphatic heterocycles. The van der Waals surface area contributed by atoms with E-state index in [0.29, 0.717) is 16.6 Å². The number of aryl methyl sites for hydroxylation is 1. The van der Waals surface area contributed by atoms with Crippen molar-refractivity contribution in [2.45, 2.75) is 11.8 Å². The first-order chi connectivity index (χ1) is 17.3. The van der Waals surface area contributed by atoms with Gasteiger partial charge in [-0.3, -0.25) is 9.59 Å². The third kappa shape index (κ3) is 6.06. The van der Waals surface area contributed by atoms with E-state index in [4.69, 9.17) is 4.84 Å². The summed E-state index contributed by atoms with van der Waals surface area (Å²) in [5, 5.41) is 5.55. The Balaban J connectivity index is 1.47. The molecule has 0 unspecified atom stereocenters. The van der Waals surface area contributed by atoms with Crippen LogP contribution in [0.25, 0.3) is 0 Å². The van der Waals surface area contributed by atoms with Crippen LogP contribution in [0.4, 0.5) is 10.8 Å². The number of sulfonamides is 1. The van der Waals surface area contributed by atoms with E-state index in [-0.39, 0.29) is 17.0 Å². The highest BCUT2D eigenvalue weighted by Gasteiger charge is 2.27. The van der Waals surface area contributed by atoms with Crippen molar-refractivity contribution in [2.24, 2.45) is 0 Å². The number of aromatic nitrogens is 1. The van der Waals surface area contributed by atoms with E-state index in [1.54, 1.807) is 66.9 Å². The summed E-state index contributed by atoms with van der Waals surface area (Å²) in [5.74, 6) is -0.606. The summed E-state index contributed by atoms with van der Waals surface area (Å²) in [5.41, 5.74) is 0.506. The van der Waals surface area contributed by atoms with Crippen molar-refractivity contribution in [3.8, 4) is 5.75 Å². The molecule has 0 aliphatic carbocycles. The fourth-order valence-corrected chi connectivity index (χ4v) is 5.02. The SMILES string of the molecule is Cc1cnc(NC(=O)CNC(=O)c2ccc(S(=O)(=O)N(Oc3ccccc3)c3ccccc3)cc2)s1. The molecule has 0 saturated carbocycles. The molecule has 2 N–H and O–H groups in total. The van der Waals surface area contributed by atoms with Gasteiger partial charge in [0.2, 0.25) is 5.91 Å². The average molecular weight is 523 g/mol. The molecule has 3 aromatic carbocycles. The van der Waals surface area contributed by atoms with E-state index in [9.17, 15) is 18.0 Å². The number of amides is 2. The first-order valence-corrected chi connectivity index (χ1v) is 13.0. The standard InChI is InChI=1S/C25H22N4O5S2/c1-18-16-27-25(35-18)28-23(30)17-26-24(31)19-12-14-22(15-13-19)36(32,33)29(20-8-4-2-5-9-20)34-21-10-6-3-7-11-21/h2-16H,17H2,1H3,(H,26,31)(H,27,28,30). The Labute approximate surface area is 212 Å². The van der Waals surface area contributed by atoms with Gasteiger partial charge in [0, 0.05) is 16.6 Å². The fraction of sp³-hybridized carbons (Fsp3) is 0.0800. The van der Waals surface area contributed by atoms with Gasteiger partial charge in [-0.2, -0.15) is 8.42 Å². The minimum atomic E-state index is -4.14. The van der Waals surface area contributed by atoms with Gasteiger partial charge in [0.25, 0.3) is 15.9 Å². The number of benzene rings is 3. The molecule has 2 amide bonds. The summed E-state index contributed by atoms with van der Waals surface area (Å²) >= 11 is 1.32. The molecular weight excluding hydrogens is 500 g/mol. The largest absolute Gasteiger partial charge is 0.364 e. The fourth-order valence-electron chi connectivity index (χ4n) is 3.08. The monoisotopic (exact) mass is 522 g/mol. The Bertz CT molecular complexity index is 1440. The molecule has 36 heavy (non-hydrogen) atoms. The summed E-state index contributed by atoms with van der Waals surface area (Å²) in [4.78, 5) is 35.2. The zero-order valence-electron chi connectivity index (χ0n) is 19.1. The van der Waals surface area contributed by atoms with Gasteiger partial charge in [0.15, 0.2) is 10.9 Å². The lowest BCUT2D eigenvalue weighted by Gasteiger charge is -2.24. The number of thiazole rings is 1. The molecule has 0 atom stereocenters. The Morgan fingerprint density at radius 2 is 1.58 bits per heavy atom. The summed E-state index contributed by atoms with van der Waals surface area (Å²) in [7, 11) is -4.14. The van der Waals surface area contributed by atoms with Gasteiger partial charge < -0.3 is 15.5 Å². The van der Waals surface area contributed by atoms with Crippen LogP contribution >= 0.6 is 11.3 Å². The van der Waals surface area contributed by atoms with E-state index in [1.165, 1.54) is 35.6 Å². The van der Waals surface area contributed by atoms with E-state index >= 15 is 0 Å². The average Bonchev–Trinajstić information content (AvgIpc) is 3.31. The van der Waals surface area contributed by atoms with Crippen molar-refractivity contribution in [2.75, 3.05) is 16.3 Å². The number of hydrogen-bond acceptors (Lipinski definition) is 7. The molecule has 0 bridgehead atoms. The van der Waals surface area contributed by atoms with Crippen molar-refractivity contribution >= 4 is 44.0 Å². The van der Waals surface area contributed by atoms with Crippen LogP contribution < -0.4 is 19.9 Å². The number of carbonyl (C=O) groups excluding carboxylic acids is 2. The molecular formula is C25H22N4O5S2. The Hall–Kier alpha value is -4.22. The number of rotatable bonds is 9. The highest BCUT2D eigenvalue weighted by molar-refractivity contribution is 7.92. The minimum Gasteiger partial charge on any atom is -0.364 e. The van der Waals surface area contributed by atoms with Crippen molar-refractivity contribution in [3.63, 3.8) is 0 Å². The smallest absolute Gasteiger partial charge is 0.295 e. The molecule has 4 aromatic rings. The molecule has 0 radical (unpaired) electrons. The first-order valence-electron chi connectivity index (χ1n) is 10.8. The van der Waals surface area contributed by atoms with Crippen LogP contribution in [0.15, 0.2) is 96.0 Å². The second-order valence-electron chi connectivity index (χ2n) is 7.50. The highest BCUT2D eigenvalue weighted by Crippen LogP contribution is 2.26. The third-order valence-corrected chi connectivity index (χ3v) is 7.23. The Morgan fingerprint density at radius 1 is 0.944 bits per heavy atom. The maximum absolute atomic E-state index is 13.5. The Kier molecular flexibility index (Phi) is 7.62. The van der Waals surface area contributed by atoms with Crippen LogP contribution in [-0.2, 0) is 14.8 Å². The molecule has 0 aliphatic rings. The van der Waals surface area contributed by atoms with E-state index < -0.39 is 21.8 Å². The molecule has 184 valence electrons. The third-order valence-electron chi connectivity index (χ3n) is 4.81. The maximum Gasteiger partial charge on any atom is 0.295 e. The van der Waals surface area contributed by atoms with Crippen molar-refractivity contribution < 1.29 is 22.8 Å². The second-order valence-corrected chi connectivity index (χ2v) is 10.5. The molecule has 0 fully saturated rings. The summed E-state index contributed by atoms with van der Waals surface area (Å²) in [6.45, 7) is 1.61. The molecule has 1 heterocycles. The molecule has 11 heteroatoms. The van der Waals surface area contributed by atoms with Crippen molar-refractivity contribution in [3.05, 3.63) is 102 Å². The number of hydrogen-bond donors (Lipinski definition) is 2. The van der Waals surface area contributed by atoms with Crippen LogP contribution in [0.3, 0.4) is 0 Å². The predicted molar refractivity (Wildman–Crippen MR) is 137 cm³/mol. The van der Waals surface area contributed by atoms with E-state index in [0.717, 1.165) is 9.35 Å². The van der Waals surface area contributed by atoms with Crippen LogP contribution in [0, 0.1) is 6.92 Å². The number of para-hydroxylation sites is 2. The van der Waals surface area contributed by atoms with Gasteiger partial charge >= 0.3 is 0 Å². The second kappa shape index (κ2) is 11.0. The number of carbonyl (C=O) groups is 2. The number of anilines is 2. The lowest BCUT2D eigenvalue weighted by molar-refractivity contribution is -0.115. The van der Waals surface area contributed by atoms with Crippen LogP contribution in [0.1, 0.15) is 15.2 Å². The first kappa shape index (κ1) is 24.9. The van der Waals surface area contributed by atoms with Gasteiger partial charge in [0.05, 0.1) is 17.1 Å². The minimum absolute atomic E-state index is 0.0734. The van der Waals surface area contributed by atoms with Gasteiger partial charge in [-0.1, -0.05) is 40.9 Å². The van der Waals surface area contributed by atoms with Gasteiger partial charge in [-0.25, -0.2) is 4.98 Å². The number of nitrogens with one attached hydrogen (secondary N) is 2. The molecule has 1 aromatic heterocycles. The highest BCUT2D eigenvalue weighted by atomic mass is 32.2. The molecule has 9 nitrogen and oxygen atoms in total. The zero-order chi connectivity index (χ0) is 25.5. The van der Waals surface area contributed by atoms with Gasteiger partial charge in [-0.05, 0) is 55.5 Å². The van der Waals surface area contributed by atoms with Gasteiger partial charge in [0.1, 0.15) is 0 Å². The predicted octanol–water partition coefficient (Wildman–Crippen LogP) is 4.01. The van der Waals surface area contributed by atoms with E-state index in [1.807, 2.05) is 6.92 Å². The summed E-state index contributed by atoms with van der Waals surface area (Å²) in [6.07, 6.45) is 1.64. The zero-order valence-corrected chi connectivity index (χ0v) is 20.8. The Morgan fingerprint density at radius 3 is 2.19 bits per heavy atom. The number of nitrogens with zero attached hydrogens (tertiary/aromatic N) is 2. The molecule has 0 saturated heterocycles. The van der Waals surface area contributed by atoms with Gasteiger partial charge in [-0.15, -0.1) is 11.3 Å². The normalized spacial score (nSPS) is 10.9. The van der Waals surface area contributed by atoms with E-state index in [2.05, 4.69) is 15.6 Å². The van der Waals surface area contributed by atoms with Crippen molar-refractivity contribution in [1.29, 1.82) is 0 Å². The summed E-state index contributed by atoms with van der Waals surface area (Å²) < 4.78 is 27.7. The molecule has 4 rings (SSSR count). The topological polar surface area (TPSA) is 118 Å².